The highest BCUT2D eigenvalue weighted by Crippen LogP contribution is 2.36. The Balaban J connectivity index is 0.797. The third-order valence-electron chi connectivity index (χ3n) is 12.2. The van der Waals surface area contributed by atoms with Crippen molar-refractivity contribution in [2.75, 3.05) is 57.1 Å². The van der Waals surface area contributed by atoms with Crippen molar-refractivity contribution in [3.8, 4) is 5.75 Å². The molecule has 4 amide bonds. The van der Waals surface area contributed by atoms with Crippen LogP contribution < -0.4 is 15.4 Å². The van der Waals surface area contributed by atoms with Gasteiger partial charge in [0.15, 0.2) is 0 Å². The van der Waals surface area contributed by atoms with Crippen molar-refractivity contribution in [2.45, 2.75) is 57.0 Å². The number of alkyl halides is 1. The van der Waals surface area contributed by atoms with Crippen LogP contribution >= 0.6 is 11.6 Å². The Kier molecular flexibility index (Phi) is 12.9. The maximum Gasteiger partial charge on any atom is 0.262 e. The van der Waals surface area contributed by atoms with E-state index in [2.05, 4.69) is 93.2 Å². The fourth-order valence-electron chi connectivity index (χ4n) is 9.17. The van der Waals surface area contributed by atoms with Crippen LogP contribution in [0.3, 0.4) is 0 Å². The molecule has 4 aromatic carbocycles. The van der Waals surface area contributed by atoms with Gasteiger partial charge >= 0.3 is 0 Å². The first-order chi connectivity index (χ1) is 28.8. The zero-order valence-electron chi connectivity index (χ0n) is 33.4. The number of nitrogens with one attached hydrogen (secondary N) is 2. The van der Waals surface area contributed by atoms with Crippen LogP contribution in [0.4, 0.5) is 5.69 Å². The van der Waals surface area contributed by atoms with E-state index in [9.17, 15) is 19.2 Å². The van der Waals surface area contributed by atoms with Crippen LogP contribution in [0.25, 0.3) is 11.1 Å². The Hall–Kier alpha value is -5.29. The summed E-state index contributed by atoms with van der Waals surface area (Å²) in [7, 11) is 0. The molecular weight excluding hydrogens is 762 g/mol. The van der Waals surface area contributed by atoms with Crippen LogP contribution in [0.2, 0.25) is 0 Å². The lowest BCUT2D eigenvalue weighted by Crippen LogP contribution is -2.54. The topological polar surface area (TPSA) is 111 Å². The second-order valence-corrected chi connectivity index (χ2v) is 16.5. The normalized spacial score (nSPS) is 20.9. The molecule has 0 aliphatic carbocycles. The molecule has 0 bridgehead atoms. The van der Waals surface area contributed by atoms with Gasteiger partial charge in [0.05, 0.1) is 11.1 Å². The summed E-state index contributed by atoms with van der Waals surface area (Å²) in [5.74, 6) is 0.107. The van der Waals surface area contributed by atoms with Gasteiger partial charge < -0.3 is 15.0 Å². The van der Waals surface area contributed by atoms with Crippen molar-refractivity contribution in [3.05, 3.63) is 131 Å². The highest BCUT2D eigenvalue weighted by atomic mass is 35.5. The van der Waals surface area contributed by atoms with E-state index < -0.39 is 23.8 Å². The van der Waals surface area contributed by atoms with Crippen LogP contribution in [0, 0.1) is 5.92 Å². The monoisotopic (exact) mass is 813 g/mol. The molecule has 0 spiro atoms. The lowest BCUT2D eigenvalue weighted by Gasteiger charge is -2.38. The van der Waals surface area contributed by atoms with Gasteiger partial charge in [-0.15, -0.1) is 11.6 Å². The number of amides is 4. The van der Waals surface area contributed by atoms with E-state index in [0.29, 0.717) is 29.5 Å². The van der Waals surface area contributed by atoms with Gasteiger partial charge in [-0.3, -0.25) is 34.3 Å². The highest BCUT2D eigenvalue weighted by Gasteiger charge is 2.44. The first kappa shape index (κ1) is 40.5. The number of rotatable bonds is 14. The summed E-state index contributed by atoms with van der Waals surface area (Å²) < 4.78 is 6.27. The Morgan fingerprint density at radius 2 is 1.44 bits per heavy atom. The predicted molar refractivity (Wildman–Crippen MR) is 231 cm³/mol. The van der Waals surface area contributed by atoms with Gasteiger partial charge in [-0.25, -0.2) is 0 Å². The van der Waals surface area contributed by atoms with E-state index in [1.165, 1.54) is 22.3 Å². The molecular formula is C48H52ClN5O5. The van der Waals surface area contributed by atoms with Crippen molar-refractivity contribution in [2.24, 2.45) is 5.92 Å². The Morgan fingerprint density at radius 3 is 2.15 bits per heavy atom. The SMILES string of the molecule is O=C1CCC(N2C(=O)c3ccc(NC4CCCN(CC5CCN(CCOc6ccc(C(=C(CCCl)c7ccccc7)c7ccccc7)cc6)CC5)C4)cc3C2=O)C(=O)N1. The molecule has 306 valence electrons. The zero-order chi connectivity index (χ0) is 40.7. The van der Waals surface area contributed by atoms with Gasteiger partial charge in [0.25, 0.3) is 11.8 Å². The number of carbonyl (C=O) groups excluding carboxylic acids is 4. The number of anilines is 1. The van der Waals surface area contributed by atoms with Gasteiger partial charge in [-0.05, 0) is 122 Å². The number of hydrogen-bond donors (Lipinski definition) is 2. The summed E-state index contributed by atoms with van der Waals surface area (Å²) in [5, 5.41) is 5.87. The average Bonchev–Trinajstić information content (AvgIpc) is 3.50. The van der Waals surface area contributed by atoms with Crippen LogP contribution in [-0.2, 0) is 9.59 Å². The summed E-state index contributed by atoms with van der Waals surface area (Å²) in [4.78, 5) is 56.7. The molecule has 2 atom stereocenters. The molecule has 3 saturated heterocycles. The molecule has 4 aliphatic rings. The summed E-state index contributed by atoms with van der Waals surface area (Å²) in [6.45, 7) is 6.73. The standard InChI is InChI=1S/C48H52ClN5O5/c49-24-21-40(34-8-3-1-4-9-34)45(35-10-5-2-6-11-35)36-13-16-39(17-14-36)59-29-28-52-26-22-33(23-27-52)31-53-25-7-12-38(32-53)50-37-15-18-41-42(30-37)48(58)54(47(41)57)43-19-20-44(55)51-46(43)56/h1-6,8-11,13-18,30,33,38,43,50H,7,12,19-29,31-32H2,(H,51,55,56). The van der Waals surface area contributed by atoms with E-state index in [4.69, 9.17) is 16.3 Å². The molecule has 10 nitrogen and oxygen atoms in total. The van der Waals surface area contributed by atoms with E-state index in [1.54, 1.807) is 12.1 Å². The van der Waals surface area contributed by atoms with Crippen LogP contribution in [0.15, 0.2) is 103 Å². The minimum absolute atomic E-state index is 0.0990. The Bertz CT molecular complexity index is 2170. The van der Waals surface area contributed by atoms with E-state index >= 15 is 0 Å². The Morgan fingerprint density at radius 1 is 0.746 bits per heavy atom. The number of halogens is 1. The van der Waals surface area contributed by atoms with Crippen molar-refractivity contribution in [1.29, 1.82) is 0 Å². The largest absolute Gasteiger partial charge is 0.492 e. The lowest BCUT2D eigenvalue weighted by atomic mass is 9.88. The van der Waals surface area contributed by atoms with E-state index in [1.807, 2.05) is 18.2 Å². The number of imide groups is 2. The van der Waals surface area contributed by atoms with Crippen molar-refractivity contribution < 1.29 is 23.9 Å². The van der Waals surface area contributed by atoms with E-state index in [-0.39, 0.29) is 24.8 Å². The zero-order valence-corrected chi connectivity index (χ0v) is 34.2. The molecule has 0 aromatic heterocycles. The first-order valence-corrected chi connectivity index (χ1v) is 21.6. The van der Waals surface area contributed by atoms with Crippen LogP contribution in [0.5, 0.6) is 5.75 Å². The molecule has 4 aromatic rings. The maximum atomic E-state index is 13.3. The van der Waals surface area contributed by atoms with Gasteiger partial charge in [-0.1, -0.05) is 72.8 Å². The molecule has 8 rings (SSSR count). The van der Waals surface area contributed by atoms with Crippen LogP contribution in [-0.4, -0.2) is 102 Å². The molecule has 0 radical (unpaired) electrons. The number of allylic oxidation sites excluding steroid dienone is 1. The number of nitrogens with zero attached hydrogens (tertiary/aromatic N) is 3. The fourth-order valence-corrected chi connectivity index (χ4v) is 9.36. The molecule has 59 heavy (non-hydrogen) atoms. The molecule has 2 N–H and O–H groups in total. The highest BCUT2D eigenvalue weighted by molar-refractivity contribution is 6.23. The maximum absolute atomic E-state index is 13.3. The number of carbonyl (C=O) groups is 4. The van der Waals surface area contributed by atoms with Crippen molar-refractivity contribution >= 4 is 52.1 Å². The summed E-state index contributed by atoms with van der Waals surface area (Å²) in [6.07, 6.45) is 5.45. The van der Waals surface area contributed by atoms with Gasteiger partial charge in [0.2, 0.25) is 11.8 Å². The number of fused-ring (bicyclic) bond motifs is 1. The summed E-state index contributed by atoms with van der Waals surface area (Å²) in [6, 6.07) is 34.0. The van der Waals surface area contributed by atoms with Crippen LogP contribution in [0.1, 0.15) is 82.4 Å². The van der Waals surface area contributed by atoms with Crippen molar-refractivity contribution in [1.82, 2.24) is 20.0 Å². The molecule has 0 saturated carbocycles. The number of benzene rings is 4. The number of ether oxygens (including phenoxy) is 1. The first-order valence-electron chi connectivity index (χ1n) is 21.0. The van der Waals surface area contributed by atoms with Gasteiger partial charge in [0, 0.05) is 43.7 Å². The number of piperidine rings is 3. The average molecular weight is 814 g/mol. The Labute approximate surface area is 351 Å². The van der Waals surface area contributed by atoms with Gasteiger partial charge in [0.1, 0.15) is 18.4 Å². The van der Waals surface area contributed by atoms with Gasteiger partial charge in [-0.2, -0.15) is 0 Å². The number of hydrogen-bond acceptors (Lipinski definition) is 8. The molecule has 3 fully saturated rings. The smallest absolute Gasteiger partial charge is 0.262 e. The second-order valence-electron chi connectivity index (χ2n) is 16.1. The molecule has 4 heterocycles. The van der Waals surface area contributed by atoms with E-state index in [0.717, 1.165) is 93.3 Å². The minimum Gasteiger partial charge on any atom is -0.492 e. The van der Waals surface area contributed by atoms with Crippen molar-refractivity contribution in [3.63, 3.8) is 0 Å². The quantitative estimate of drug-likeness (QED) is 0.0774. The fraction of sp³-hybridized carbons (Fsp3) is 0.375. The second kappa shape index (κ2) is 18.7. The summed E-state index contributed by atoms with van der Waals surface area (Å²) >= 11 is 6.35. The molecule has 11 heteroatoms. The molecule has 4 aliphatic heterocycles. The predicted octanol–water partition coefficient (Wildman–Crippen LogP) is 7.34. The molecule has 2 unspecified atom stereocenters. The third kappa shape index (κ3) is 9.46. The summed E-state index contributed by atoms with van der Waals surface area (Å²) in [5.41, 5.74) is 7.31. The third-order valence-corrected chi connectivity index (χ3v) is 12.4. The minimum atomic E-state index is -0.967. The number of likely N-dealkylation sites (tertiary alicyclic amines) is 2. The lowest BCUT2D eigenvalue weighted by molar-refractivity contribution is -0.136.